The van der Waals surface area contributed by atoms with Gasteiger partial charge in [-0.05, 0) is 39.0 Å². The molecule has 0 aliphatic carbocycles. The SMILES string of the molecule is Cc1cc2c(C(C)C(=O)O)c3oc(C)cc3cc2o1. The van der Waals surface area contributed by atoms with Gasteiger partial charge in [-0.3, -0.25) is 4.79 Å². The van der Waals surface area contributed by atoms with Gasteiger partial charge in [-0.2, -0.15) is 0 Å². The average molecular weight is 258 g/mol. The molecule has 1 N–H and O–H groups in total. The van der Waals surface area contributed by atoms with Crippen LogP contribution in [0, 0.1) is 13.8 Å². The van der Waals surface area contributed by atoms with Crippen molar-refractivity contribution in [2.45, 2.75) is 26.7 Å². The second-order valence-corrected chi connectivity index (χ2v) is 4.89. The highest BCUT2D eigenvalue weighted by Crippen LogP contribution is 2.36. The van der Waals surface area contributed by atoms with Crippen LogP contribution in [0.25, 0.3) is 21.9 Å². The Labute approximate surface area is 109 Å². The van der Waals surface area contributed by atoms with Crippen molar-refractivity contribution in [2.75, 3.05) is 0 Å². The molecule has 0 fully saturated rings. The molecule has 0 aliphatic rings. The van der Waals surface area contributed by atoms with E-state index in [0.717, 1.165) is 22.3 Å². The third-order valence-corrected chi connectivity index (χ3v) is 3.39. The summed E-state index contributed by atoms with van der Waals surface area (Å²) >= 11 is 0. The van der Waals surface area contributed by atoms with Gasteiger partial charge in [-0.1, -0.05) is 0 Å². The van der Waals surface area contributed by atoms with Gasteiger partial charge in [0.05, 0.1) is 5.92 Å². The molecule has 19 heavy (non-hydrogen) atoms. The number of hydrogen-bond acceptors (Lipinski definition) is 3. The Kier molecular flexibility index (Phi) is 2.42. The van der Waals surface area contributed by atoms with Crippen molar-refractivity contribution in [1.82, 2.24) is 0 Å². The molecular formula is C15H14O4. The van der Waals surface area contributed by atoms with Crippen molar-refractivity contribution in [2.24, 2.45) is 0 Å². The Morgan fingerprint density at radius 1 is 1.16 bits per heavy atom. The van der Waals surface area contributed by atoms with Gasteiger partial charge in [0.15, 0.2) is 0 Å². The lowest BCUT2D eigenvalue weighted by molar-refractivity contribution is -0.138. The van der Waals surface area contributed by atoms with E-state index in [1.54, 1.807) is 6.92 Å². The fourth-order valence-electron chi connectivity index (χ4n) is 2.52. The van der Waals surface area contributed by atoms with Crippen molar-refractivity contribution < 1.29 is 18.7 Å². The molecule has 0 spiro atoms. The number of benzene rings is 1. The van der Waals surface area contributed by atoms with Crippen LogP contribution in [0.2, 0.25) is 0 Å². The van der Waals surface area contributed by atoms with E-state index >= 15 is 0 Å². The number of carbonyl (C=O) groups is 1. The van der Waals surface area contributed by atoms with E-state index in [-0.39, 0.29) is 0 Å². The summed E-state index contributed by atoms with van der Waals surface area (Å²) in [6, 6.07) is 5.65. The highest BCUT2D eigenvalue weighted by molar-refractivity contribution is 6.01. The first kappa shape index (κ1) is 11.8. The second-order valence-electron chi connectivity index (χ2n) is 4.89. The summed E-state index contributed by atoms with van der Waals surface area (Å²) in [5.41, 5.74) is 2.03. The predicted octanol–water partition coefficient (Wildman–Crippen LogP) is 3.98. The van der Waals surface area contributed by atoms with Gasteiger partial charge < -0.3 is 13.9 Å². The van der Waals surface area contributed by atoms with Crippen LogP contribution in [0.3, 0.4) is 0 Å². The molecule has 0 bridgehead atoms. The summed E-state index contributed by atoms with van der Waals surface area (Å²) in [7, 11) is 0. The number of carboxylic acid groups (broad SMARTS) is 1. The number of fused-ring (bicyclic) bond motifs is 2. The van der Waals surface area contributed by atoms with Crippen LogP contribution < -0.4 is 0 Å². The van der Waals surface area contributed by atoms with E-state index in [2.05, 4.69) is 0 Å². The zero-order chi connectivity index (χ0) is 13.7. The molecule has 3 rings (SSSR count). The minimum atomic E-state index is -0.873. The van der Waals surface area contributed by atoms with Crippen LogP contribution in [0.1, 0.15) is 29.9 Å². The predicted molar refractivity (Wildman–Crippen MR) is 71.5 cm³/mol. The second kappa shape index (κ2) is 3.88. The van der Waals surface area contributed by atoms with Crippen molar-refractivity contribution in [3.8, 4) is 0 Å². The minimum absolute atomic E-state index is 0.640. The van der Waals surface area contributed by atoms with Gasteiger partial charge in [0.2, 0.25) is 0 Å². The third kappa shape index (κ3) is 1.71. The van der Waals surface area contributed by atoms with Crippen molar-refractivity contribution in [3.05, 3.63) is 35.3 Å². The van der Waals surface area contributed by atoms with Gasteiger partial charge in [0.25, 0.3) is 0 Å². The van der Waals surface area contributed by atoms with E-state index in [0.29, 0.717) is 16.7 Å². The zero-order valence-corrected chi connectivity index (χ0v) is 11.0. The van der Waals surface area contributed by atoms with Crippen LogP contribution in [0.15, 0.2) is 27.0 Å². The van der Waals surface area contributed by atoms with Crippen LogP contribution in [0.5, 0.6) is 0 Å². The smallest absolute Gasteiger partial charge is 0.310 e. The van der Waals surface area contributed by atoms with Gasteiger partial charge in [0.1, 0.15) is 22.7 Å². The summed E-state index contributed by atoms with van der Waals surface area (Å²) < 4.78 is 11.3. The molecule has 98 valence electrons. The van der Waals surface area contributed by atoms with E-state index in [1.165, 1.54) is 0 Å². The van der Waals surface area contributed by atoms with Crippen LogP contribution in [-0.2, 0) is 4.79 Å². The van der Waals surface area contributed by atoms with E-state index in [9.17, 15) is 9.90 Å². The summed E-state index contributed by atoms with van der Waals surface area (Å²) in [6.07, 6.45) is 0. The largest absolute Gasteiger partial charge is 0.481 e. The number of carboxylic acids is 1. The maximum Gasteiger partial charge on any atom is 0.310 e. The zero-order valence-electron chi connectivity index (χ0n) is 11.0. The van der Waals surface area contributed by atoms with Crippen LogP contribution >= 0.6 is 0 Å². The molecule has 0 radical (unpaired) electrons. The number of furan rings is 2. The molecule has 3 aromatic rings. The number of aliphatic carboxylic acids is 1. The third-order valence-electron chi connectivity index (χ3n) is 3.39. The van der Waals surface area contributed by atoms with Gasteiger partial charge >= 0.3 is 5.97 Å². The first-order valence-electron chi connectivity index (χ1n) is 6.13. The first-order chi connectivity index (χ1) is 8.97. The van der Waals surface area contributed by atoms with E-state index < -0.39 is 11.9 Å². The molecule has 0 saturated carbocycles. The van der Waals surface area contributed by atoms with E-state index in [4.69, 9.17) is 8.83 Å². The molecule has 1 atom stereocenters. The molecule has 0 aliphatic heterocycles. The fraction of sp³-hybridized carbons (Fsp3) is 0.267. The summed E-state index contributed by atoms with van der Waals surface area (Å²) in [4.78, 5) is 11.3. The summed E-state index contributed by atoms with van der Waals surface area (Å²) in [5, 5.41) is 11.0. The Balaban J connectivity index is 2.47. The Morgan fingerprint density at radius 2 is 1.84 bits per heavy atom. The average Bonchev–Trinajstić information content (AvgIpc) is 2.85. The fourth-order valence-corrected chi connectivity index (χ4v) is 2.52. The van der Waals surface area contributed by atoms with Gasteiger partial charge in [0, 0.05) is 16.3 Å². The maximum atomic E-state index is 11.3. The quantitative estimate of drug-likeness (QED) is 0.755. The molecule has 1 unspecified atom stereocenters. The summed E-state index contributed by atoms with van der Waals surface area (Å²) in [5.74, 6) is 0.00637. The molecule has 0 amide bonds. The number of rotatable bonds is 2. The molecule has 4 heteroatoms. The Bertz CT molecular complexity index is 737. The molecule has 0 saturated heterocycles. The van der Waals surface area contributed by atoms with Gasteiger partial charge in [-0.25, -0.2) is 0 Å². The van der Waals surface area contributed by atoms with Crippen molar-refractivity contribution in [1.29, 1.82) is 0 Å². The highest BCUT2D eigenvalue weighted by atomic mass is 16.4. The Morgan fingerprint density at radius 3 is 2.53 bits per heavy atom. The first-order valence-corrected chi connectivity index (χ1v) is 6.13. The Hall–Kier alpha value is -2.23. The normalized spacial score (nSPS) is 13.2. The van der Waals surface area contributed by atoms with Crippen molar-refractivity contribution >= 4 is 27.9 Å². The van der Waals surface area contributed by atoms with Crippen molar-refractivity contribution in [3.63, 3.8) is 0 Å². The maximum absolute atomic E-state index is 11.3. The van der Waals surface area contributed by atoms with E-state index in [1.807, 2.05) is 32.0 Å². The molecular weight excluding hydrogens is 244 g/mol. The molecule has 2 aromatic heterocycles. The van der Waals surface area contributed by atoms with Crippen LogP contribution in [0.4, 0.5) is 0 Å². The molecule has 1 aromatic carbocycles. The lowest BCUT2D eigenvalue weighted by Crippen LogP contribution is -2.08. The molecule has 2 heterocycles. The number of hydrogen-bond donors (Lipinski definition) is 1. The topological polar surface area (TPSA) is 63.6 Å². The van der Waals surface area contributed by atoms with Gasteiger partial charge in [-0.15, -0.1) is 0 Å². The lowest BCUT2D eigenvalue weighted by Gasteiger charge is -2.08. The summed E-state index contributed by atoms with van der Waals surface area (Å²) in [6.45, 7) is 5.36. The minimum Gasteiger partial charge on any atom is -0.481 e. The molecule has 4 nitrogen and oxygen atoms in total. The number of aryl methyl sites for hydroxylation is 2. The standard InChI is InChI=1S/C15H14O4/c1-7-4-10-6-12-11(5-8(2)18-12)13(14(10)19-7)9(3)15(16)17/h4-6,9H,1-3H3,(H,16,17). The highest BCUT2D eigenvalue weighted by Gasteiger charge is 2.23. The lowest BCUT2D eigenvalue weighted by atomic mass is 9.95. The van der Waals surface area contributed by atoms with Crippen LogP contribution in [-0.4, -0.2) is 11.1 Å². The monoisotopic (exact) mass is 258 g/mol.